The fraction of sp³-hybridized carbons (Fsp3) is 0. The molecule has 0 fully saturated rings. The van der Waals surface area contributed by atoms with Gasteiger partial charge >= 0.3 is 71.2 Å². The first-order valence-electron chi connectivity index (χ1n) is 0.535. The van der Waals surface area contributed by atoms with Crippen LogP contribution < -0.4 is 0 Å². The summed E-state index contributed by atoms with van der Waals surface area (Å²) < 4.78 is 0. The van der Waals surface area contributed by atoms with Gasteiger partial charge in [0.25, 0.3) is 0 Å². The van der Waals surface area contributed by atoms with E-state index in [9.17, 15) is 0 Å². The van der Waals surface area contributed by atoms with Gasteiger partial charge in [0, 0.05) is 0 Å². The van der Waals surface area contributed by atoms with Gasteiger partial charge in [0.2, 0.25) is 0 Å². The van der Waals surface area contributed by atoms with Gasteiger partial charge in [-0.15, -0.1) is 0 Å². The number of hydrogen-bond acceptors (Lipinski definition) is 0. The molecule has 0 saturated carbocycles. The van der Waals surface area contributed by atoms with Crippen molar-refractivity contribution in [3.05, 3.63) is 0 Å². The average Bonchev–Trinajstić information content (AvgIpc) is 1.50. The Bertz CT molecular complexity index is 4.00. The molecule has 0 aliphatic heterocycles. The van der Waals surface area contributed by atoms with E-state index in [2.05, 4.69) is 23.8 Å². The zero-order valence-electron chi connectivity index (χ0n) is 2.17. The second kappa shape index (κ2) is 17.0. The summed E-state index contributed by atoms with van der Waals surface area (Å²) in [5.74, 6) is 0. The van der Waals surface area contributed by atoms with Crippen molar-refractivity contribution in [1.29, 1.82) is 0 Å². The standard InChI is InChI=1S/2BrH.2Hg/h2*1H;;/q;;2*+1/p-2. The molecule has 4 heavy (non-hydrogen) atoms. The molecule has 0 N–H and O–H groups in total. The average molecular weight is 561 g/mol. The summed E-state index contributed by atoms with van der Waals surface area (Å²) in [7, 11) is 0. The van der Waals surface area contributed by atoms with E-state index in [4.69, 9.17) is 0 Å². The number of hydrogen-bond donors (Lipinski definition) is 0. The molecule has 0 aromatic rings. The van der Waals surface area contributed by atoms with Crippen LogP contribution in [0, 0.1) is 0 Å². The molecule has 0 amide bonds. The second-order valence-electron chi connectivity index (χ2n) is 0. The van der Waals surface area contributed by atoms with Gasteiger partial charge in [-0.05, 0) is 0 Å². The predicted molar refractivity (Wildman–Crippen MR) is 17.9 cm³/mol. The van der Waals surface area contributed by atoms with Crippen molar-refractivity contribution in [3.63, 3.8) is 0 Å². The van der Waals surface area contributed by atoms with Crippen molar-refractivity contribution in [2.45, 2.75) is 0 Å². The Morgan fingerprint density at radius 2 is 0.750 bits per heavy atom. The molecule has 0 saturated heterocycles. The van der Waals surface area contributed by atoms with Crippen LogP contribution in [-0.2, 0) is 47.4 Å². The minimum atomic E-state index is 0.840. The molecule has 0 atom stereocenters. The predicted octanol–water partition coefficient (Wildman–Crippen LogP) is 1.69. The molecule has 0 radical (unpaired) electrons. The maximum atomic E-state index is 3.13. The number of rotatable bonds is 0. The Morgan fingerprint density at radius 3 is 0.750 bits per heavy atom. The molecule has 0 heterocycles. The molecule has 0 aromatic heterocycles. The molecule has 0 spiro atoms. The molecular weight excluding hydrogens is 561 g/mol. The Morgan fingerprint density at radius 1 is 0.750 bits per heavy atom. The molecule has 0 aliphatic carbocycles. The van der Waals surface area contributed by atoms with E-state index in [0.29, 0.717) is 0 Å². The van der Waals surface area contributed by atoms with Crippen LogP contribution in [-0.4, -0.2) is 0 Å². The molecule has 0 aliphatic rings. The van der Waals surface area contributed by atoms with Crippen LogP contribution >= 0.6 is 23.8 Å². The Labute approximate surface area is 69.6 Å². The van der Waals surface area contributed by atoms with Crippen molar-refractivity contribution in [2.24, 2.45) is 0 Å². The third-order valence-electron chi connectivity index (χ3n) is 0. The first kappa shape index (κ1) is 9.95. The zero-order chi connectivity index (χ0) is 4.00. The Balaban J connectivity index is 0. The van der Waals surface area contributed by atoms with Crippen molar-refractivity contribution in [3.8, 4) is 0 Å². The van der Waals surface area contributed by atoms with E-state index in [-0.39, 0.29) is 0 Å². The molecule has 0 rings (SSSR count). The van der Waals surface area contributed by atoms with Crippen LogP contribution in [0.2, 0.25) is 0 Å². The second-order valence-corrected chi connectivity index (χ2v) is 0. The first-order valence-corrected chi connectivity index (χ1v) is 24.4. The Hall–Kier alpha value is 2.83. The van der Waals surface area contributed by atoms with Gasteiger partial charge in [-0.1, -0.05) is 0 Å². The summed E-state index contributed by atoms with van der Waals surface area (Å²) in [4.78, 5) is 0. The first-order chi connectivity index (χ1) is 2.00. The van der Waals surface area contributed by atoms with Crippen LogP contribution in [0.4, 0.5) is 0 Å². The summed E-state index contributed by atoms with van der Waals surface area (Å²) in [6, 6.07) is 0. The third kappa shape index (κ3) is 8.85. The number of halogens is 2. The quantitative estimate of drug-likeness (QED) is 0.396. The van der Waals surface area contributed by atoms with Gasteiger partial charge in [0.1, 0.15) is 0 Å². The van der Waals surface area contributed by atoms with E-state index in [1.54, 1.807) is 0 Å². The summed E-state index contributed by atoms with van der Waals surface area (Å²) in [6.07, 6.45) is 0. The fourth-order valence-electron chi connectivity index (χ4n) is 0. The Kier molecular flexibility index (Phi) is 42.2. The van der Waals surface area contributed by atoms with E-state index >= 15 is 0 Å². The minimum absolute atomic E-state index is 0.840. The molecule has 0 aromatic carbocycles. The molecule has 0 bridgehead atoms. The van der Waals surface area contributed by atoms with Gasteiger partial charge in [-0.2, -0.15) is 0 Å². The molecule has 4 heteroatoms. The van der Waals surface area contributed by atoms with Crippen molar-refractivity contribution >= 4 is 23.8 Å². The van der Waals surface area contributed by atoms with Crippen LogP contribution in [0.1, 0.15) is 0 Å². The van der Waals surface area contributed by atoms with E-state index in [1.807, 2.05) is 0 Å². The van der Waals surface area contributed by atoms with Gasteiger partial charge in [-0.25, -0.2) is 0 Å². The zero-order valence-corrected chi connectivity index (χ0v) is 16.3. The van der Waals surface area contributed by atoms with Gasteiger partial charge in [0.05, 0.1) is 0 Å². The third-order valence-corrected chi connectivity index (χ3v) is 0. The van der Waals surface area contributed by atoms with E-state index in [0.717, 1.165) is 47.4 Å². The van der Waals surface area contributed by atoms with Crippen LogP contribution in [0.5, 0.6) is 0 Å². The summed E-state index contributed by atoms with van der Waals surface area (Å²) >= 11 is 7.94. The topological polar surface area (TPSA) is 0 Å². The van der Waals surface area contributed by atoms with Crippen LogP contribution in [0.15, 0.2) is 0 Å². The van der Waals surface area contributed by atoms with Crippen molar-refractivity contribution in [2.75, 3.05) is 0 Å². The molecule has 0 unspecified atom stereocenters. The molecular formula is Br2Hg2. The van der Waals surface area contributed by atoms with Crippen LogP contribution in [0.25, 0.3) is 0 Å². The van der Waals surface area contributed by atoms with E-state index < -0.39 is 0 Å². The fourth-order valence-corrected chi connectivity index (χ4v) is 0. The summed E-state index contributed by atoms with van der Waals surface area (Å²) in [6.45, 7) is 0. The van der Waals surface area contributed by atoms with Gasteiger partial charge < -0.3 is 0 Å². The summed E-state index contributed by atoms with van der Waals surface area (Å²) in [5.41, 5.74) is 0. The van der Waals surface area contributed by atoms with Crippen LogP contribution in [0.3, 0.4) is 0 Å². The molecule has 0 nitrogen and oxygen atoms in total. The summed E-state index contributed by atoms with van der Waals surface area (Å²) in [5, 5.41) is 0. The van der Waals surface area contributed by atoms with Gasteiger partial charge in [-0.3, -0.25) is 0 Å². The van der Waals surface area contributed by atoms with Crippen molar-refractivity contribution in [1.82, 2.24) is 0 Å². The molecule has 18 valence electrons. The SMILES string of the molecule is [Br][Hg].[Br][Hg]. The maximum absolute atomic E-state index is 3.13. The monoisotopic (exact) mass is 562 g/mol. The normalized spacial score (nSPS) is 3.50. The van der Waals surface area contributed by atoms with Crippen molar-refractivity contribution < 1.29 is 47.4 Å². The van der Waals surface area contributed by atoms with E-state index in [1.165, 1.54) is 0 Å². The van der Waals surface area contributed by atoms with Gasteiger partial charge in [0.15, 0.2) is 0 Å².